The van der Waals surface area contributed by atoms with Gasteiger partial charge < -0.3 is 4.42 Å². The lowest BCUT2D eigenvalue weighted by molar-refractivity contribution is -0.121. The number of aliphatic imine (C=N–C) groups is 1. The van der Waals surface area contributed by atoms with Crippen molar-refractivity contribution in [3.05, 3.63) is 63.2 Å². The summed E-state index contributed by atoms with van der Waals surface area (Å²) in [5.41, 5.74) is 1.80. The molecule has 8 heteroatoms. The molecule has 1 aromatic carbocycles. The summed E-state index contributed by atoms with van der Waals surface area (Å²) in [5.74, 6) is 1.17. The number of aromatic nitrogens is 1. The molecule has 1 fully saturated rings. The maximum atomic E-state index is 12.5. The number of carbonyl (C=O) groups is 1. The Morgan fingerprint density at radius 1 is 1.30 bits per heavy atom. The number of amidine groups is 1. The van der Waals surface area contributed by atoms with Crippen LogP contribution in [0.2, 0.25) is 5.02 Å². The van der Waals surface area contributed by atoms with Crippen LogP contribution in [0.4, 0.5) is 5.13 Å². The predicted octanol–water partition coefficient (Wildman–Crippen LogP) is 5.60. The van der Waals surface area contributed by atoms with Gasteiger partial charge in [0.1, 0.15) is 11.5 Å². The first-order chi connectivity index (χ1) is 13.0. The van der Waals surface area contributed by atoms with Crippen molar-refractivity contribution in [3.63, 3.8) is 0 Å². The molecule has 0 spiro atoms. The molecule has 1 aliphatic heterocycles. The average molecular weight is 416 g/mol. The average Bonchev–Trinajstić information content (AvgIpc) is 3.33. The number of hydrogen-bond acceptors (Lipinski definition) is 6. The highest BCUT2D eigenvalue weighted by Gasteiger charge is 2.31. The minimum absolute atomic E-state index is 0.118. The normalized spacial score (nSPS) is 17.4. The summed E-state index contributed by atoms with van der Waals surface area (Å²) >= 11 is 8.79. The van der Waals surface area contributed by atoms with Gasteiger partial charge in [-0.15, -0.1) is 11.3 Å². The molecule has 3 aromatic rings. The van der Waals surface area contributed by atoms with Crippen LogP contribution in [0.5, 0.6) is 0 Å². The lowest BCUT2D eigenvalue weighted by Crippen LogP contribution is -2.23. The molecule has 0 saturated carbocycles. The van der Waals surface area contributed by atoms with Gasteiger partial charge in [0, 0.05) is 29.1 Å². The van der Waals surface area contributed by atoms with E-state index in [4.69, 9.17) is 16.0 Å². The largest absolute Gasteiger partial charge is 0.457 e. The van der Waals surface area contributed by atoms with Gasteiger partial charge in [-0.25, -0.2) is 4.98 Å². The van der Waals surface area contributed by atoms with Crippen LogP contribution in [0.1, 0.15) is 11.5 Å². The van der Waals surface area contributed by atoms with E-state index >= 15 is 0 Å². The third kappa shape index (κ3) is 3.85. The topological polar surface area (TPSA) is 58.7 Å². The SMILES string of the molecule is Cc1csc(/N=C2/S/C(=C/c3ccc(-c4cccc(Cl)c4)o3)C(=O)N2C)n1. The van der Waals surface area contributed by atoms with Crippen molar-refractivity contribution in [1.82, 2.24) is 9.88 Å². The van der Waals surface area contributed by atoms with Crippen LogP contribution in [-0.4, -0.2) is 28.0 Å². The molecule has 0 radical (unpaired) electrons. The lowest BCUT2D eigenvalue weighted by atomic mass is 10.2. The second-order valence-electron chi connectivity index (χ2n) is 5.85. The summed E-state index contributed by atoms with van der Waals surface area (Å²) in [7, 11) is 1.70. The van der Waals surface area contributed by atoms with Gasteiger partial charge in [0.05, 0.1) is 10.6 Å². The van der Waals surface area contributed by atoms with E-state index in [0.717, 1.165) is 11.3 Å². The Bertz CT molecular complexity index is 1080. The number of aryl methyl sites for hydroxylation is 1. The fourth-order valence-electron chi connectivity index (χ4n) is 2.48. The zero-order valence-corrected chi connectivity index (χ0v) is 16.9. The van der Waals surface area contributed by atoms with Crippen molar-refractivity contribution in [3.8, 4) is 11.3 Å². The number of thiazole rings is 1. The Balaban J connectivity index is 1.59. The zero-order valence-electron chi connectivity index (χ0n) is 14.5. The number of rotatable bonds is 3. The fraction of sp³-hybridized carbons (Fsp3) is 0.105. The minimum Gasteiger partial charge on any atom is -0.457 e. The van der Waals surface area contributed by atoms with Crippen molar-refractivity contribution in [2.45, 2.75) is 6.92 Å². The summed E-state index contributed by atoms with van der Waals surface area (Å²) in [6.45, 7) is 1.91. The third-order valence-corrected chi connectivity index (χ3v) is 5.96. The third-order valence-electron chi connectivity index (χ3n) is 3.81. The summed E-state index contributed by atoms with van der Waals surface area (Å²) in [5, 5.41) is 3.81. The Morgan fingerprint density at radius 2 is 2.15 bits per heavy atom. The number of thioether (sulfide) groups is 1. The van der Waals surface area contributed by atoms with Gasteiger partial charge in [-0.05, 0) is 43.0 Å². The molecule has 0 bridgehead atoms. The molecule has 1 aliphatic rings. The maximum absolute atomic E-state index is 12.5. The number of likely N-dealkylation sites (N-methyl/N-ethyl adjacent to an activating group) is 1. The van der Waals surface area contributed by atoms with Gasteiger partial charge in [0.15, 0.2) is 5.17 Å². The van der Waals surface area contributed by atoms with Gasteiger partial charge in [-0.2, -0.15) is 4.99 Å². The summed E-state index contributed by atoms with van der Waals surface area (Å²) in [6, 6.07) is 11.1. The van der Waals surface area contributed by atoms with E-state index in [2.05, 4.69) is 9.98 Å². The molecule has 0 unspecified atom stereocenters. The Morgan fingerprint density at radius 3 is 2.89 bits per heavy atom. The van der Waals surface area contributed by atoms with Crippen LogP contribution in [0.25, 0.3) is 17.4 Å². The fourth-order valence-corrected chi connectivity index (χ4v) is 4.34. The zero-order chi connectivity index (χ0) is 19.0. The molecular formula is C19H14ClN3O2S2. The number of halogens is 1. The van der Waals surface area contributed by atoms with E-state index < -0.39 is 0 Å². The van der Waals surface area contributed by atoms with E-state index in [9.17, 15) is 4.79 Å². The number of benzene rings is 1. The first kappa shape index (κ1) is 18.0. The van der Waals surface area contributed by atoms with Gasteiger partial charge in [-0.1, -0.05) is 23.7 Å². The molecule has 0 N–H and O–H groups in total. The van der Waals surface area contributed by atoms with E-state index in [1.807, 2.05) is 48.7 Å². The molecule has 4 rings (SSSR count). The molecule has 0 atom stereocenters. The quantitative estimate of drug-likeness (QED) is 0.522. The van der Waals surface area contributed by atoms with Crippen molar-refractivity contribution < 1.29 is 9.21 Å². The number of nitrogens with zero attached hydrogens (tertiary/aromatic N) is 3. The number of hydrogen-bond donors (Lipinski definition) is 0. The molecular weight excluding hydrogens is 402 g/mol. The van der Waals surface area contributed by atoms with Gasteiger partial charge in [0.2, 0.25) is 5.13 Å². The molecule has 2 aromatic heterocycles. The monoisotopic (exact) mass is 415 g/mol. The van der Waals surface area contributed by atoms with E-state index in [1.54, 1.807) is 13.1 Å². The van der Waals surface area contributed by atoms with Crippen LogP contribution in [0.15, 0.2) is 56.1 Å². The van der Waals surface area contributed by atoms with Crippen molar-refractivity contribution >= 4 is 57.0 Å². The Labute approximate surface area is 169 Å². The summed E-state index contributed by atoms with van der Waals surface area (Å²) in [4.78, 5) is 23.4. The maximum Gasteiger partial charge on any atom is 0.266 e. The van der Waals surface area contributed by atoms with Crippen LogP contribution in [-0.2, 0) is 4.79 Å². The second kappa shape index (κ2) is 7.34. The number of furan rings is 1. The Kier molecular flexibility index (Phi) is 4.90. The highest BCUT2D eigenvalue weighted by molar-refractivity contribution is 8.18. The number of carbonyl (C=O) groups excluding carboxylic acids is 1. The molecule has 27 heavy (non-hydrogen) atoms. The molecule has 3 heterocycles. The molecule has 5 nitrogen and oxygen atoms in total. The van der Waals surface area contributed by atoms with Crippen LogP contribution in [0.3, 0.4) is 0 Å². The van der Waals surface area contributed by atoms with Crippen LogP contribution in [0, 0.1) is 6.92 Å². The molecule has 136 valence electrons. The lowest BCUT2D eigenvalue weighted by Gasteiger charge is -2.05. The smallest absolute Gasteiger partial charge is 0.266 e. The van der Waals surface area contributed by atoms with Gasteiger partial charge in [-0.3, -0.25) is 9.69 Å². The first-order valence-corrected chi connectivity index (χ1v) is 10.1. The highest BCUT2D eigenvalue weighted by Crippen LogP contribution is 2.34. The van der Waals surface area contributed by atoms with Gasteiger partial charge >= 0.3 is 0 Å². The summed E-state index contributed by atoms with van der Waals surface area (Å²) in [6.07, 6.45) is 1.73. The van der Waals surface area contributed by atoms with E-state index in [1.165, 1.54) is 28.0 Å². The van der Waals surface area contributed by atoms with Crippen molar-refractivity contribution in [2.75, 3.05) is 7.05 Å². The first-order valence-electron chi connectivity index (χ1n) is 8.04. The van der Waals surface area contributed by atoms with Gasteiger partial charge in [0.25, 0.3) is 5.91 Å². The summed E-state index contributed by atoms with van der Waals surface area (Å²) < 4.78 is 5.86. The van der Waals surface area contributed by atoms with Crippen molar-refractivity contribution in [2.24, 2.45) is 4.99 Å². The van der Waals surface area contributed by atoms with Crippen LogP contribution < -0.4 is 0 Å². The predicted molar refractivity (Wildman–Crippen MR) is 111 cm³/mol. The second-order valence-corrected chi connectivity index (χ2v) is 8.14. The standard InChI is InChI=1S/C19H14ClN3O2S2/c1-11-10-26-18(21-11)22-19-23(2)17(24)16(27-19)9-14-6-7-15(25-14)12-4-3-5-13(20)8-12/h3-10H,1-2H3/b16-9+,22-19+. The Hall–Kier alpha value is -2.35. The minimum atomic E-state index is -0.118. The van der Waals surface area contributed by atoms with E-state index in [0.29, 0.717) is 31.7 Å². The van der Waals surface area contributed by atoms with Crippen molar-refractivity contribution in [1.29, 1.82) is 0 Å². The molecule has 1 amide bonds. The van der Waals surface area contributed by atoms with Crippen LogP contribution >= 0.6 is 34.7 Å². The highest BCUT2D eigenvalue weighted by atomic mass is 35.5. The molecule has 0 aliphatic carbocycles. The van der Waals surface area contributed by atoms with E-state index in [-0.39, 0.29) is 5.91 Å². The molecule has 1 saturated heterocycles. The number of amides is 1.